The number of nitrogens with two attached hydrogens (primary N) is 1. The van der Waals surface area contributed by atoms with E-state index in [1.54, 1.807) is 14.2 Å². The predicted octanol–water partition coefficient (Wildman–Crippen LogP) is 2.50. The fourth-order valence-electron chi connectivity index (χ4n) is 1.67. The average Bonchev–Trinajstić information content (AvgIpc) is 2.28. The SMILES string of the molecule is CCC[C@H](N)c1cccc(OC)c1OC. The van der Waals surface area contributed by atoms with Crippen molar-refractivity contribution in [3.8, 4) is 11.5 Å². The Morgan fingerprint density at radius 2 is 2.00 bits per heavy atom. The summed E-state index contributed by atoms with van der Waals surface area (Å²) in [5.74, 6) is 1.49. The molecular formula is C12H19NO2. The van der Waals surface area contributed by atoms with E-state index in [-0.39, 0.29) is 6.04 Å². The molecule has 1 aromatic rings. The summed E-state index contributed by atoms with van der Waals surface area (Å²) in [4.78, 5) is 0. The van der Waals surface area contributed by atoms with Crippen molar-refractivity contribution >= 4 is 0 Å². The normalized spacial score (nSPS) is 12.3. The first-order chi connectivity index (χ1) is 7.24. The van der Waals surface area contributed by atoms with Gasteiger partial charge in [-0.05, 0) is 12.5 Å². The van der Waals surface area contributed by atoms with Crippen LogP contribution in [0.2, 0.25) is 0 Å². The van der Waals surface area contributed by atoms with Crippen LogP contribution in [-0.4, -0.2) is 14.2 Å². The summed E-state index contributed by atoms with van der Waals surface area (Å²) in [6, 6.07) is 5.81. The zero-order valence-electron chi connectivity index (χ0n) is 9.62. The van der Waals surface area contributed by atoms with Crippen LogP contribution in [0.15, 0.2) is 18.2 Å². The molecule has 3 nitrogen and oxygen atoms in total. The second-order valence-electron chi connectivity index (χ2n) is 3.48. The van der Waals surface area contributed by atoms with Gasteiger partial charge in [-0.15, -0.1) is 0 Å². The highest BCUT2D eigenvalue weighted by Crippen LogP contribution is 2.34. The summed E-state index contributed by atoms with van der Waals surface area (Å²) < 4.78 is 10.6. The third-order valence-electron chi connectivity index (χ3n) is 2.43. The number of methoxy groups -OCH3 is 2. The molecule has 0 saturated heterocycles. The number of ether oxygens (including phenoxy) is 2. The van der Waals surface area contributed by atoms with Crippen LogP contribution in [0.1, 0.15) is 31.4 Å². The molecule has 0 aliphatic heterocycles. The van der Waals surface area contributed by atoms with E-state index in [9.17, 15) is 0 Å². The Kier molecular flexibility index (Phi) is 4.43. The van der Waals surface area contributed by atoms with Crippen LogP contribution >= 0.6 is 0 Å². The molecule has 0 unspecified atom stereocenters. The van der Waals surface area contributed by atoms with E-state index in [0.717, 1.165) is 29.9 Å². The molecule has 1 rings (SSSR count). The molecule has 0 fully saturated rings. The first kappa shape index (κ1) is 11.9. The predicted molar refractivity (Wildman–Crippen MR) is 61.4 cm³/mol. The molecule has 3 heteroatoms. The van der Waals surface area contributed by atoms with Gasteiger partial charge in [0.2, 0.25) is 0 Å². The lowest BCUT2D eigenvalue weighted by Crippen LogP contribution is -2.11. The van der Waals surface area contributed by atoms with Crippen LogP contribution in [0.25, 0.3) is 0 Å². The number of benzene rings is 1. The van der Waals surface area contributed by atoms with Gasteiger partial charge < -0.3 is 15.2 Å². The first-order valence-corrected chi connectivity index (χ1v) is 5.21. The summed E-state index contributed by atoms with van der Waals surface area (Å²) in [7, 11) is 3.27. The minimum Gasteiger partial charge on any atom is -0.493 e. The van der Waals surface area contributed by atoms with Crippen molar-refractivity contribution in [3.63, 3.8) is 0 Å². The van der Waals surface area contributed by atoms with Crippen molar-refractivity contribution in [2.45, 2.75) is 25.8 Å². The maximum atomic E-state index is 6.07. The Hall–Kier alpha value is -1.22. The van der Waals surface area contributed by atoms with Gasteiger partial charge in [0.1, 0.15) is 0 Å². The molecule has 0 heterocycles. The van der Waals surface area contributed by atoms with Gasteiger partial charge in [0, 0.05) is 11.6 Å². The molecule has 1 aromatic carbocycles. The molecule has 0 radical (unpaired) electrons. The fraction of sp³-hybridized carbons (Fsp3) is 0.500. The van der Waals surface area contributed by atoms with Gasteiger partial charge in [0.25, 0.3) is 0 Å². The molecule has 0 aromatic heterocycles. The van der Waals surface area contributed by atoms with E-state index in [2.05, 4.69) is 6.92 Å². The first-order valence-electron chi connectivity index (χ1n) is 5.21. The van der Waals surface area contributed by atoms with Crippen molar-refractivity contribution in [2.24, 2.45) is 5.73 Å². The second kappa shape index (κ2) is 5.61. The Morgan fingerprint density at radius 1 is 1.27 bits per heavy atom. The smallest absolute Gasteiger partial charge is 0.165 e. The topological polar surface area (TPSA) is 44.5 Å². The highest BCUT2D eigenvalue weighted by atomic mass is 16.5. The Balaban J connectivity index is 3.05. The summed E-state index contributed by atoms with van der Waals surface area (Å²) >= 11 is 0. The lowest BCUT2D eigenvalue weighted by atomic mass is 10.0. The van der Waals surface area contributed by atoms with E-state index >= 15 is 0 Å². The molecule has 1 atom stereocenters. The zero-order chi connectivity index (χ0) is 11.3. The third kappa shape index (κ3) is 2.63. The molecule has 15 heavy (non-hydrogen) atoms. The van der Waals surface area contributed by atoms with Crippen LogP contribution < -0.4 is 15.2 Å². The highest BCUT2D eigenvalue weighted by Gasteiger charge is 2.14. The number of hydrogen-bond donors (Lipinski definition) is 1. The van der Waals surface area contributed by atoms with Crippen molar-refractivity contribution in [1.82, 2.24) is 0 Å². The monoisotopic (exact) mass is 209 g/mol. The van der Waals surface area contributed by atoms with E-state index in [4.69, 9.17) is 15.2 Å². The molecular weight excluding hydrogens is 190 g/mol. The lowest BCUT2D eigenvalue weighted by Gasteiger charge is -2.17. The number of para-hydroxylation sites is 1. The Labute approximate surface area is 91.2 Å². The quantitative estimate of drug-likeness (QED) is 0.810. The molecule has 0 bridgehead atoms. The van der Waals surface area contributed by atoms with Gasteiger partial charge in [0.15, 0.2) is 11.5 Å². The standard InChI is InChI=1S/C12H19NO2/c1-4-6-10(13)9-7-5-8-11(14-2)12(9)15-3/h5,7-8,10H,4,6,13H2,1-3H3/t10-/m0/s1. The fourth-order valence-corrected chi connectivity index (χ4v) is 1.67. The maximum absolute atomic E-state index is 6.07. The van der Waals surface area contributed by atoms with Gasteiger partial charge in [-0.25, -0.2) is 0 Å². The molecule has 0 aliphatic rings. The van der Waals surface area contributed by atoms with Gasteiger partial charge in [-0.3, -0.25) is 0 Å². The number of rotatable bonds is 5. The zero-order valence-corrected chi connectivity index (χ0v) is 9.62. The van der Waals surface area contributed by atoms with Crippen molar-refractivity contribution in [3.05, 3.63) is 23.8 Å². The Morgan fingerprint density at radius 3 is 2.53 bits per heavy atom. The van der Waals surface area contributed by atoms with Crippen molar-refractivity contribution in [2.75, 3.05) is 14.2 Å². The third-order valence-corrected chi connectivity index (χ3v) is 2.43. The van der Waals surface area contributed by atoms with Gasteiger partial charge in [-0.2, -0.15) is 0 Å². The van der Waals surface area contributed by atoms with Crippen LogP contribution in [0.4, 0.5) is 0 Å². The maximum Gasteiger partial charge on any atom is 0.165 e. The van der Waals surface area contributed by atoms with E-state index in [1.807, 2.05) is 18.2 Å². The average molecular weight is 209 g/mol. The lowest BCUT2D eigenvalue weighted by molar-refractivity contribution is 0.348. The van der Waals surface area contributed by atoms with E-state index < -0.39 is 0 Å². The van der Waals surface area contributed by atoms with Gasteiger partial charge in [-0.1, -0.05) is 25.5 Å². The van der Waals surface area contributed by atoms with Gasteiger partial charge in [0.05, 0.1) is 14.2 Å². The summed E-state index contributed by atoms with van der Waals surface area (Å²) in [6.45, 7) is 2.12. The van der Waals surface area contributed by atoms with Crippen LogP contribution in [0, 0.1) is 0 Å². The van der Waals surface area contributed by atoms with E-state index in [1.165, 1.54) is 0 Å². The second-order valence-corrected chi connectivity index (χ2v) is 3.48. The number of hydrogen-bond acceptors (Lipinski definition) is 3. The van der Waals surface area contributed by atoms with Gasteiger partial charge >= 0.3 is 0 Å². The molecule has 84 valence electrons. The summed E-state index contributed by atoms with van der Waals surface area (Å²) in [5.41, 5.74) is 7.08. The van der Waals surface area contributed by atoms with E-state index in [0.29, 0.717) is 0 Å². The van der Waals surface area contributed by atoms with Crippen molar-refractivity contribution < 1.29 is 9.47 Å². The largest absolute Gasteiger partial charge is 0.493 e. The minimum absolute atomic E-state index is 0.0139. The molecule has 2 N–H and O–H groups in total. The highest BCUT2D eigenvalue weighted by molar-refractivity contribution is 5.47. The minimum atomic E-state index is 0.0139. The van der Waals surface area contributed by atoms with Crippen LogP contribution in [-0.2, 0) is 0 Å². The molecule has 0 aliphatic carbocycles. The molecule has 0 amide bonds. The molecule has 0 saturated carbocycles. The van der Waals surface area contributed by atoms with Crippen LogP contribution in [0.3, 0.4) is 0 Å². The summed E-state index contributed by atoms with van der Waals surface area (Å²) in [5, 5.41) is 0. The van der Waals surface area contributed by atoms with Crippen LogP contribution in [0.5, 0.6) is 11.5 Å². The molecule has 0 spiro atoms. The van der Waals surface area contributed by atoms with Crippen molar-refractivity contribution in [1.29, 1.82) is 0 Å². The Bertz CT molecular complexity index is 312. The summed E-state index contributed by atoms with van der Waals surface area (Å²) in [6.07, 6.45) is 2.01.